The van der Waals surface area contributed by atoms with E-state index in [4.69, 9.17) is 0 Å². The lowest BCUT2D eigenvalue weighted by Gasteiger charge is -2.08. The molecule has 0 aliphatic heterocycles. The van der Waals surface area contributed by atoms with Crippen molar-refractivity contribution in [3.63, 3.8) is 0 Å². The topological polar surface area (TPSA) is 64.0 Å². The number of carbonyl (C=O) groups is 2. The van der Waals surface area contributed by atoms with Gasteiger partial charge in [0.25, 0.3) is 0 Å². The summed E-state index contributed by atoms with van der Waals surface area (Å²) >= 11 is 1.45. The van der Waals surface area contributed by atoms with E-state index < -0.39 is 0 Å². The van der Waals surface area contributed by atoms with Crippen LogP contribution in [0.3, 0.4) is 0 Å². The summed E-state index contributed by atoms with van der Waals surface area (Å²) in [5.41, 5.74) is 2.13. The van der Waals surface area contributed by atoms with E-state index in [-0.39, 0.29) is 11.7 Å². The third-order valence-electron chi connectivity index (χ3n) is 4.33. The van der Waals surface area contributed by atoms with Gasteiger partial charge >= 0.3 is 0 Å². The molecule has 26 heavy (non-hydrogen) atoms. The van der Waals surface area contributed by atoms with Crippen LogP contribution in [0.15, 0.2) is 41.8 Å². The Morgan fingerprint density at radius 2 is 1.96 bits per heavy atom. The zero-order valence-electron chi connectivity index (χ0n) is 14.9. The molecule has 2 aromatic heterocycles. The van der Waals surface area contributed by atoms with Crippen LogP contribution < -0.4 is 5.32 Å². The largest absolute Gasteiger partial charge is 0.356 e. The van der Waals surface area contributed by atoms with E-state index in [2.05, 4.69) is 20.9 Å². The second-order valence-electron chi connectivity index (χ2n) is 6.26. The van der Waals surface area contributed by atoms with Gasteiger partial charge in [0, 0.05) is 25.9 Å². The highest BCUT2D eigenvalue weighted by atomic mass is 32.1. The minimum atomic E-state index is 0.0104. The Balaban J connectivity index is 1.36. The highest BCUT2D eigenvalue weighted by Gasteiger charge is 2.09. The lowest BCUT2D eigenvalue weighted by molar-refractivity contribution is -0.121. The summed E-state index contributed by atoms with van der Waals surface area (Å²) in [5.74, 6) is 1.12. The molecule has 0 atom stereocenters. The summed E-state index contributed by atoms with van der Waals surface area (Å²) in [6.07, 6.45) is 2.26. The number of thiophene rings is 1. The number of amides is 1. The van der Waals surface area contributed by atoms with Crippen molar-refractivity contribution in [1.29, 1.82) is 0 Å². The molecule has 0 saturated carbocycles. The van der Waals surface area contributed by atoms with Crippen molar-refractivity contribution in [2.45, 2.75) is 39.2 Å². The fourth-order valence-electron chi connectivity index (χ4n) is 3.00. The zero-order valence-corrected chi connectivity index (χ0v) is 15.7. The molecule has 0 aliphatic carbocycles. The van der Waals surface area contributed by atoms with Crippen molar-refractivity contribution in [2.75, 3.05) is 6.54 Å². The number of nitrogens with one attached hydrogen (secondary N) is 1. The number of carbonyl (C=O) groups excluding carboxylic acids is 2. The van der Waals surface area contributed by atoms with Crippen LogP contribution in [-0.2, 0) is 11.3 Å². The number of rotatable bonds is 9. The Morgan fingerprint density at radius 3 is 2.77 bits per heavy atom. The van der Waals surface area contributed by atoms with Crippen molar-refractivity contribution < 1.29 is 9.59 Å². The Morgan fingerprint density at radius 1 is 1.12 bits per heavy atom. The maximum Gasteiger partial charge on any atom is 0.220 e. The van der Waals surface area contributed by atoms with Crippen LogP contribution in [0, 0.1) is 6.92 Å². The van der Waals surface area contributed by atoms with Crippen LogP contribution in [0.1, 0.15) is 41.2 Å². The molecule has 1 N–H and O–H groups in total. The second kappa shape index (κ2) is 8.76. The van der Waals surface area contributed by atoms with Gasteiger partial charge in [-0.25, -0.2) is 4.98 Å². The predicted octanol–water partition coefficient (Wildman–Crippen LogP) is 3.97. The van der Waals surface area contributed by atoms with Crippen molar-refractivity contribution in [2.24, 2.45) is 0 Å². The Bertz CT molecular complexity index is 884. The first-order chi connectivity index (χ1) is 12.6. The lowest BCUT2D eigenvalue weighted by Crippen LogP contribution is -2.25. The SMILES string of the molecule is Cc1nc2ccccc2n1CCCNC(=O)CCCC(=O)c1cccs1. The minimum absolute atomic E-state index is 0.0104. The third kappa shape index (κ3) is 4.58. The van der Waals surface area contributed by atoms with Gasteiger partial charge in [0.15, 0.2) is 5.78 Å². The average molecular weight is 369 g/mol. The average Bonchev–Trinajstić information content (AvgIpc) is 3.26. The van der Waals surface area contributed by atoms with Gasteiger partial charge in [-0.15, -0.1) is 11.3 Å². The summed E-state index contributed by atoms with van der Waals surface area (Å²) < 4.78 is 2.18. The highest BCUT2D eigenvalue weighted by Crippen LogP contribution is 2.16. The highest BCUT2D eigenvalue weighted by molar-refractivity contribution is 7.12. The molecule has 3 rings (SSSR count). The molecule has 1 amide bonds. The number of aromatic nitrogens is 2. The summed E-state index contributed by atoms with van der Waals surface area (Å²) in [6.45, 7) is 3.45. The van der Waals surface area contributed by atoms with Gasteiger partial charge in [0.2, 0.25) is 5.91 Å². The molecule has 0 saturated heterocycles. The zero-order chi connectivity index (χ0) is 18.4. The molecule has 0 fully saturated rings. The molecule has 0 bridgehead atoms. The maximum absolute atomic E-state index is 11.9. The second-order valence-corrected chi connectivity index (χ2v) is 7.20. The Hall–Kier alpha value is -2.47. The number of imidazole rings is 1. The standard InChI is InChI=1S/C20H23N3O2S/c1-15-22-16-7-2-3-8-17(16)23(15)13-6-12-21-20(25)11-4-9-18(24)19-10-5-14-26-19/h2-3,5,7-8,10,14H,4,6,9,11-13H2,1H3,(H,21,25). The van der Waals surface area contributed by atoms with Crippen molar-refractivity contribution in [3.8, 4) is 0 Å². The number of Topliss-reactive ketones (excluding diaryl/α,β-unsaturated/α-hetero) is 1. The molecule has 0 radical (unpaired) electrons. The number of ketones is 1. The molecule has 0 unspecified atom stereocenters. The van der Waals surface area contributed by atoms with E-state index in [9.17, 15) is 9.59 Å². The maximum atomic E-state index is 11.9. The summed E-state index contributed by atoms with van der Waals surface area (Å²) in [4.78, 5) is 29.1. The fourth-order valence-corrected chi connectivity index (χ4v) is 3.70. The van der Waals surface area contributed by atoms with E-state index >= 15 is 0 Å². The molecular formula is C20H23N3O2S. The Labute approximate surface area is 157 Å². The van der Waals surface area contributed by atoms with Crippen LogP contribution in [0.25, 0.3) is 11.0 Å². The molecule has 0 aliphatic rings. The summed E-state index contributed by atoms with van der Waals surface area (Å²) in [7, 11) is 0. The number of hydrogen-bond acceptors (Lipinski definition) is 4. The molecule has 1 aromatic carbocycles. The number of fused-ring (bicyclic) bond motifs is 1. The lowest BCUT2D eigenvalue weighted by atomic mass is 10.1. The fraction of sp³-hybridized carbons (Fsp3) is 0.350. The number of aryl methyl sites for hydroxylation is 2. The molecule has 5 nitrogen and oxygen atoms in total. The van der Waals surface area contributed by atoms with Gasteiger partial charge in [-0.2, -0.15) is 0 Å². The smallest absolute Gasteiger partial charge is 0.220 e. The van der Waals surface area contributed by atoms with Gasteiger partial charge in [0.05, 0.1) is 15.9 Å². The van der Waals surface area contributed by atoms with Crippen LogP contribution in [-0.4, -0.2) is 27.8 Å². The van der Waals surface area contributed by atoms with Crippen molar-refractivity contribution >= 4 is 34.1 Å². The van der Waals surface area contributed by atoms with Crippen LogP contribution in [0.4, 0.5) is 0 Å². The van der Waals surface area contributed by atoms with E-state index in [0.29, 0.717) is 25.8 Å². The van der Waals surface area contributed by atoms with Gasteiger partial charge in [-0.05, 0) is 43.3 Å². The summed E-state index contributed by atoms with van der Waals surface area (Å²) in [6, 6.07) is 11.8. The van der Waals surface area contributed by atoms with Gasteiger partial charge < -0.3 is 9.88 Å². The number of hydrogen-bond donors (Lipinski definition) is 1. The third-order valence-corrected chi connectivity index (χ3v) is 5.24. The van der Waals surface area contributed by atoms with Crippen molar-refractivity contribution in [3.05, 3.63) is 52.5 Å². The molecule has 3 aromatic rings. The molecule has 0 spiro atoms. The van der Waals surface area contributed by atoms with E-state index in [1.807, 2.05) is 42.6 Å². The van der Waals surface area contributed by atoms with E-state index in [1.54, 1.807) is 0 Å². The van der Waals surface area contributed by atoms with Gasteiger partial charge in [-0.3, -0.25) is 9.59 Å². The first-order valence-corrected chi connectivity index (χ1v) is 9.78. The van der Waals surface area contributed by atoms with Crippen LogP contribution >= 0.6 is 11.3 Å². The van der Waals surface area contributed by atoms with Gasteiger partial charge in [-0.1, -0.05) is 18.2 Å². The Kier molecular flexibility index (Phi) is 6.17. The van der Waals surface area contributed by atoms with Crippen LogP contribution in [0.5, 0.6) is 0 Å². The molecular weight excluding hydrogens is 346 g/mol. The quantitative estimate of drug-likeness (QED) is 0.458. The van der Waals surface area contributed by atoms with E-state index in [1.165, 1.54) is 11.3 Å². The minimum Gasteiger partial charge on any atom is -0.356 e. The first kappa shape index (κ1) is 18.3. The van der Waals surface area contributed by atoms with Gasteiger partial charge in [0.1, 0.15) is 5.82 Å². The predicted molar refractivity (Wildman–Crippen MR) is 105 cm³/mol. The number of benzene rings is 1. The monoisotopic (exact) mass is 369 g/mol. The molecule has 2 heterocycles. The first-order valence-electron chi connectivity index (χ1n) is 8.90. The van der Waals surface area contributed by atoms with Crippen molar-refractivity contribution in [1.82, 2.24) is 14.9 Å². The normalized spacial score (nSPS) is 11.0. The summed E-state index contributed by atoms with van der Waals surface area (Å²) in [5, 5.41) is 4.83. The van der Waals surface area contributed by atoms with Crippen LogP contribution in [0.2, 0.25) is 0 Å². The number of para-hydroxylation sites is 2. The number of nitrogens with zero attached hydrogens (tertiary/aromatic N) is 2. The molecule has 6 heteroatoms. The van der Waals surface area contributed by atoms with E-state index in [0.717, 1.165) is 34.7 Å². The molecule has 136 valence electrons.